The predicted molar refractivity (Wildman–Crippen MR) is 135 cm³/mol. The minimum absolute atomic E-state index is 0.0277. The van der Waals surface area contributed by atoms with Crippen molar-refractivity contribution in [3.05, 3.63) is 89.0 Å². The lowest BCUT2D eigenvalue weighted by molar-refractivity contribution is -0.132. The number of carbonyl (C=O) groups excluding carboxylic acids is 2. The largest absolute Gasteiger partial charge is 0.508 e. The second-order valence-electron chi connectivity index (χ2n) is 8.68. The number of carbonyl (C=O) groups is 2. The van der Waals surface area contributed by atoms with Crippen LogP contribution in [-0.2, 0) is 9.59 Å². The number of aromatic hydroxyl groups is 1. The van der Waals surface area contributed by atoms with Crippen molar-refractivity contribution in [2.24, 2.45) is 0 Å². The Morgan fingerprint density at radius 1 is 1.03 bits per heavy atom. The molecule has 1 aliphatic heterocycles. The summed E-state index contributed by atoms with van der Waals surface area (Å²) >= 11 is 0.907. The molecule has 37 heavy (non-hydrogen) atoms. The Morgan fingerprint density at radius 2 is 1.68 bits per heavy atom. The lowest BCUT2D eigenvalue weighted by atomic mass is 9.95. The summed E-state index contributed by atoms with van der Waals surface area (Å²) < 4.78 is 33.5. The molecule has 1 amide bonds. The Bertz CT molecular complexity index is 1520. The Balaban J connectivity index is 1.66. The van der Waals surface area contributed by atoms with E-state index in [9.17, 15) is 28.6 Å². The van der Waals surface area contributed by atoms with Gasteiger partial charge < -0.3 is 14.9 Å². The molecule has 0 spiro atoms. The van der Waals surface area contributed by atoms with Gasteiger partial charge in [-0.3, -0.25) is 14.5 Å². The van der Waals surface area contributed by atoms with E-state index in [0.717, 1.165) is 28.4 Å². The minimum atomic E-state index is -1.11. The first-order valence-corrected chi connectivity index (χ1v) is 12.1. The number of amides is 1. The number of fused-ring (bicyclic) bond motifs is 1. The molecule has 3 aromatic carbocycles. The van der Waals surface area contributed by atoms with E-state index < -0.39 is 35.1 Å². The van der Waals surface area contributed by atoms with Crippen LogP contribution >= 0.6 is 11.3 Å². The third kappa shape index (κ3) is 4.40. The van der Waals surface area contributed by atoms with Crippen molar-refractivity contribution in [2.75, 3.05) is 4.90 Å². The maximum absolute atomic E-state index is 13.8. The van der Waals surface area contributed by atoms with Gasteiger partial charge in [-0.1, -0.05) is 23.5 Å². The standard InChI is InChI=1S/C27H20F2N2O5S/c1-13(2)36-17-9-5-15(6-10-17)24(33)22-23(14-3-7-16(32)8-4-14)31(26(35)25(22)34)27-30-20-11-18(28)19(29)12-21(20)37-27/h3-13,23,32-33H,1-2H3/b24-22+. The Kier molecular flexibility index (Phi) is 6.12. The molecular weight excluding hydrogens is 502 g/mol. The van der Waals surface area contributed by atoms with Gasteiger partial charge in [0.05, 0.1) is 27.9 Å². The number of phenols is 1. The van der Waals surface area contributed by atoms with E-state index in [1.54, 1.807) is 24.3 Å². The molecule has 4 aromatic rings. The molecule has 0 radical (unpaired) electrons. The van der Waals surface area contributed by atoms with Crippen LogP contribution in [0.15, 0.2) is 66.2 Å². The van der Waals surface area contributed by atoms with Crippen LogP contribution in [0.5, 0.6) is 11.5 Å². The molecular formula is C27H20F2N2O5S. The van der Waals surface area contributed by atoms with Gasteiger partial charge in [0, 0.05) is 11.6 Å². The molecule has 0 saturated carbocycles. The van der Waals surface area contributed by atoms with Crippen molar-refractivity contribution >= 4 is 44.1 Å². The monoisotopic (exact) mass is 522 g/mol. The van der Waals surface area contributed by atoms with Crippen molar-refractivity contribution in [1.29, 1.82) is 0 Å². The molecule has 2 heterocycles. The normalized spacial score (nSPS) is 17.2. The first-order chi connectivity index (χ1) is 17.6. The molecule has 0 bridgehead atoms. The van der Waals surface area contributed by atoms with Crippen LogP contribution in [0.4, 0.5) is 13.9 Å². The van der Waals surface area contributed by atoms with Gasteiger partial charge in [0.1, 0.15) is 17.3 Å². The summed E-state index contributed by atoms with van der Waals surface area (Å²) in [6, 6.07) is 13.0. The number of aliphatic hydroxyl groups excluding tert-OH is 1. The quantitative estimate of drug-likeness (QED) is 0.198. The van der Waals surface area contributed by atoms with Crippen molar-refractivity contribution in [1.82, 2.24) is 4.98 Å². The number of hydrogen-bond acceptors (Lipinski definition) is 7. The van der Waals surface area contributed by atoms with E-state index in [2.05, 4.69) is 4.98 Å². The van der Waals surface area contributed by atoms with Gasteiger partial charge in [-0.15, -0.1) is 0 Å². The number of aliphatic hydroxyl groups is 1. The summed E-state index contributed by atoms with van der Waals surface area (Å²) in [6.07, 6.45) is -0.0602. The number of phenolic OH excluding ortho intramolecular Hbond substituents is 1. The highest BCUT2D eigenvalue weighted by molar-refractivity contribution is 7.22. The van der Waals surface area contributed by atoms with E-state index in [4.69, 9.17) is 4.74 Å². The molecule has 1 fully saturated rings. The van der Waals surface area contributed by atoms with E-state index >= 15 is 0 Å². The number of hydrogen-bond donors (Lipinski definition) is 2. The average molecular weight is 523 g/mol. The third-order valence-corrected chi connectivity index (χ3v) is 6.80. The number of ether oxygens (including phenoxy) is 1. The van der Waals surface area contributed by atoms with Gasteiger partial charge in [-0.25, -0.2) is 13.8 Å². The average Bonchev–Trinajstić information content (AvgIpc) is 3.37. The summed E-state index contributed by atoms with van der Waals surface area (Å²) in [5.74, 6) is -3.94. The van der Waals surface area contributed by atoms with Gasteiger partial charge in [-0.2, -0.15) is 0 Å². The van der Waals surface area contributed by atoms with Crippen LogP contribution in [0.1, 0.15) is 31.0 Å². The molecule has 5 rings (SSSR count). The van der Waals surface area contributed by atoms with Crippen molar-refractivity contribution < 1.29 is 33.3 Å². The lowest BCUT2D eigenvalue weighted by Gasteiger charge is -2.23. The Hall–Kier alpha value is -4.31. The smallest absolute Gasteiger partial charge is 0.301 e. The van der Waals surface area contributed by atoms with Crippen LogP contribution in [0.25, 0.3) is 16.0 Å². The highest BCUT2D eigenvalue weighted by Gasteiger charge is 2.48. The fourth-order valence-corrected chi connectivity index (χ4v) is 5.13. The minimum Gasteiger partial charge on any atom is -0.508 e. The van der Waals surface area contributed by atoms with Crippen LogP contribution in [0.3, 0.4) is 0 Å². The van der Waals surface area contributed by atoms with Crippen LogP contribution in [0, 0.1) is 11.6 Å². The zero-order valence-electron chi connectivity index (χ0n) is 19.6. The summed E-state index contributed by atoms with van der Waals surface area (Å²) in [6.45, 7) is 3.75. The molecule has 2 N–H and O–H groups in total. The fourth-order valence-electron chi connectivity index (χ4n) is 4.14. The molecule has 1 aromatic heterocycles. The molecule has 188 valence electrons. The van der Waals surface area contributed by atoms with Gasteiger partial charge in [0.25, 0.3) is 5.78 Å². The van der Waals surface area contributed by atoms with Gasteiger partial charge in [0.15, 0.2) is 16.8 Å². The second kappa shape index (κ2) is 9.29. The molecule has 1 aliphatic rings. The SMILES string of the molecule is CC(C)Oc1ccc(/C(O)=C2\C(=O)C(=O)N(c3nc4cc(F)c(F)cc4s3)C2c2ccc(O)cc2)cc1. The van der Waals surface area contributed by atoms with Crippen LogP contribution < -0.4 is 9.64 Å². The van der Waals surface area contributed by atoms with Crippen molar-refractivity contribution in [3.8, 4) is 11.5 Å². The van der Waals surface area contributed by atoms with E-state index in [1.807, 2.05) is 13.8 Å². The molecule has 7 nitrogen and oxygen atoms in total. The number of rotatable bonds is 5. The molecule has 1 saturated heterocycles. The fraction of sp³-hybridized carbons (Fsp3) is 0.148. The zero-order valence-corrected chi connectivity index (χ0v) is 20.4. The predicted octanol–water partition coefficient (Wildman–Crippen LogP) is 5.69. The van der Waals surface area contributed by atoms with E-state index in [0.29, 0.717) is 11.3 Å². The molecule has 1 atom stereocenters. The maximum atomic E-state index is 13.8. The van der Waals surface area contributed by atoms with Gasteiger partial charge >= 0.3 is 5.91 Å². The molecule has 0 aliphatic carbocycles. The summed E-state index contributed by atoms with van der Waals surface area (Å²) in [4.78, 5) is 31.9. The zero-order chi connectivity index (χ0) is 26.4. The Labute approximate surface area is 213 Å². The summed E-state index contributed by atoms with van der Waals surface area (Å²) in [7, 11) is 0. The van der Waals surface area contributed by atoms with Crippen molar-refractivity contribution in [3.63, 3.8) is 0 Å². The number of halogens is 2. The second-order valence-corrected chi connectivity index (χ2v) is 9.69. The third-order valence-electron chi connectivity index (χ3n) is 5.78. The van der Waals surface area contributed by atoms with E-state index in [1.165, 1.54) is 24.3 Å². The Morgan fingerprint density at radius 3 is 2.32 bits per heavy atom. The lowest BCUT2D eigenvalue weighted by Crippen LogP contribution is -2.29. The van der Waals surface area contributed by atoms with E-state index in [-0.39, 0.29) is 38.3 Å². The number of ketones is 1. The van der Waals surface area contributed by atoms with Crippen molar-refractivity contribution in [2.45, 2.75) is 26.0 Å². The number of aromatic nitrogens is 1. The number of thiazole rings is 1. The van der Waals surface area contributed by atoms with Crippen LogP contribution in [-0.4, -0.2) is 33.0 Å². The van der Waals surface area contributed by atoms with Crippen LogP contribution in [0.2, 0.25) is 0 Å². The summed E-state index contributed by atoms with van der Waals surface area (Å²) in [5, 5.41) is 21.0. The first-order valence-electron chi connectivity index (χ1n) is 11.3. The topological polar surface area (TPSA) is 100.0 Å². The number of benzene rings is 3. The first kappa shape index (κ1) is 24.4. The molecule has 1 unspecified atom stereocenters. The van der Waals surface area contributed by atoms with Gasteiger partial charge in [0.2, 0.25) is 0 Å². The maximum Gasteiger partial charge on any atom is 0.301 e. The highest BCUT2D eigenvalue weighted by Crippen LogP contribution is 2.44. The molecule has 10 heteroatoms. The number of Topliss-reactive ketones (excluding diaryl/α,β-unsaturated/α-hetero) is 1. The number of anilines is 1. The van der Waals surface area contributed by atoms with Gasteiger partial charge in [-0.05, 0) is 61.9 Å². The number of nitrogens with zero attached hydrogens (tertiary/aromatic N) is 2. The summed E-state index contributed by atoms with van der Waals surface area (Å²) in [5.41, 5.74) is 0.622. The highest BCUT2D eigenvalue weighted by atomic mass is 32.1.